The number of fused-ring (bicyclic) bond motifs is 1. The largest absolute Gasteiger partial charge is 0.465 e. The number of benzene rings is 2. The highest BCUT2D eigenvalue weighted by Crippen LogP contribution is 2.22. The molecule has 5 heteroatoms. The van der Waals surface area contributed by atoms with Crippen molar-refractivity contribution in [2.75, 3.05) is 5.32 Å². The minimum absolute atomic E-state index is 0.274. The summed E-state index contributed by atoms with van der Waals surface area (Å²) >= 11 is 0. The summed E-state index contributed by atoms with van der Waals surface area (Å²) in [5.74, 6) is 0.327. The molecule has 0 unspecified atom stereocenters. The molecule has 4 rings (SSSR count). The maximum Gasteiger partial charge on any atom is 0.344 e. The van der Waals surface area contributed by atoms with Crippen LogP contribution in [0.15, 0.2) is 92.7 Å². The van der Waals surface area contributed by atoms with Gasteiger partial charge in [-0.2, -0.15) is 0 Å². The van der Waals surface area contributed by atoms with Gasteiger partial charge in [0.25, 0.3) is 0 Å². The molecular formula is C22H15NO4. The van der Waals surface area contributed by atoms with Gasteiger partial charge in [0.05, 0.1) is 11.8 Å². The van der Waals surface area contributed by atoms with Gasteiger partial charge in [0.1, 0.15) is 11.3 Å². The predicted molar refractivity (Wildman–Crippen MR) is 104 cm³/mol. The maximum absolute atomic E-state index is 12.2. The fraction of sp³-hybridized carbons (Fsp3) is 0. The molecule has 27 heavy (non-hydrogen) atoms. The highest BCUT2D eigenvalue weighted by molar-refractivity contribution is 6.01. The number of carbonyl (C=O) groups is 1. The molecule has 0 aliphatic carbocycles. The SMILES string of the molecule is O=C(/C=C/c1ccco1)Nc1ccc(-c2cc3ccccc3oc2=O)cc1. The van der Waals surface area contributed by atoms with E-state index in [4.69, 9.17) is 8.83 Å². The van der Waals surface area contributed by atoms with Gasteiger partial charge in [0.2, 0.25) is 5.91 Å². The van der Waals surface area contributed by atoms with Crippen LogP contribution in [0, 0.1) is 0 Å². The topological polar surface area (TPSA) is 72.5 Å². The van der Waals surface area contributed by atoms with E-state index in [-0.39, 0.29) is 5.91 Å². The van der Waals surface area contributed by atoms with E-state index < -0.39 is 5.63 Å². The summed E-state index contributed by atoms with van der Waals surface area (Å²) in [5, 5.41) is 3.61. The number of nitrogens with one attached hydrogen (secondary N) is 1. The number of furan rings is 1. The zero-order valence-corrected chi connectivity index (χ0v) is 14.2. The standard InChI is InChI=1S/C22H15NO4/c24-21(12-11-18-5-3-13-26-18)23-17-9-7-15(8-10-17)19-14-16-4-1-2-6-20(16)27-22(19)25/h1-14H,(H,23,24)/b12-11+. The van der Waals surface area contributed by atoms with Crippen LogP contribution in [0.5, 0.6) is 0 Å². The molecule has 0 bridgehead atoms. The van der Waals surface area contributed by atoms with Gasteiger partial charge in [-0.1, -0.05) is 30.3 Å². The second-order valence-corrected chi connectivity index (χ2v) is 5.90. The number of amides is 1. The molecule has 0 atom stereocenters. The van der Waals surface area contributed by atoms with Crippen molar-refractivity contribution in [3.8, 4) is 11.1 Å². The van der Waals surface area contributed by atoms with E-state index in [0.717, 1.165) is 10.9 Å². The fourth-order valence-electron chi connectivity index (χ4n) is 2.72. The number of hydrogen-bond acceptors (Lipinski definition) is 4. The Labute approximate surface area is 154 Å². The van der Waals surface area contributed by atoms with Gasteiger partial charge >= 0.3 is 5.63 Å². The highest BCUT2D eigenvalue weighted by atomic mass is 16.4. The molecule has 0 saturated heterocycles. The summed E-state index contributed by atoms with van der Waals surface area (Å²) in [6.45, 7) is 0. The Bertz CT molecular complexity index is 1170. The van der Waals surface area contributed by atoms with Crippen LogP contribution in [0.1, 0.15) is 5.76 Å². The van der Waals surface area contributed by atoms with Crippen LogP contribution in [0.4, 0.5) is 5.69 Å². The Kier molecular flexibility index (Phi) is 4.41. The number of para-hydroxylation sites is 1. The van der Waals surface area contributed by atoms with Crippen LogP contribution in [0.2, 0.25) is 0 Å². The number of carbonyl (C=O) groups excluding carboxylic acids is 1. The van der Waals surface area contributed by atoms with Crippen molar-refractivity contribution in [1.29, 1.82) is 0 Å². The third-order valence-electron chi connectivity index (χ3n) is 4.05. The van der Waals surface area contributed by atoms with E-state index in [0.29, 0.717) is 22.6 Å². The highest BCUT2D eigenvalue weighted by Gasteiger charge is 2.08. The van der Waals surface area contributed by atoms with Crippen LogP contribution >= 0.6 is 0 Å². The van der Waals surface area contributed by atoms with Gasteiger partial charge in [0.15, 0.2) is 0 Å². The lowest BCUT2D eigenvalue weighted by atomic mass is 10.1. The van der Waals surface area contributed by atoms with Gasteiger partial charge in [-0.25, -0.2) is 4.79 Å². The Morgan fingerprint density at radius 2 is 1.78 bits per heavy atom. The molecule has 0 spiro atoms. The average molecular weight is 357 g/mol. The molecular weight excluding hydrogens is 342 g/mol. The first-order valence-electron chi connectivity index (χ1n) is 8.35. The molecule has 4 aromatic rings. The third-order valence-corrected chi connectivity index (χ3v) is 4.05. The van der Waals surface area contributed by atoms with Crippen molar-refractivity contribution in [3.05, 3.63) is 95.2 Å². The summed E-state index contributed by atoms with van der Waals surface area (Å²) < 4.78 is 10.5. The first kappa shape index (κ1) is 16.6. The molecule has 0 fully saturated rings. The normalized spacial score (nSPS) is 11.1. The van der Waals surface area contributed by atoms with Gasteiger partial charge in [-0.05, 0) is 48.0 Å². The minimum Gasteiger partial charge on any atom is -0.465 e. The van der Waals surface area contributed by atoms with Crippen LogP contribution in [-0.2, 0) is 4.79 Å². The van der Waals surface area contributed by atoms with E-state index in [2.05, 4.69) is 5.32 Å². The molecule has 2 aromatic carbocycles. The fourth-order valence-corrected chi connectivity index (χ4v) is 2.72. The molecule has 132 valence electrons. The van der Waals surface area contributed by atoms with E-state index in [1.54, 1.807) is 60.9 Å². The predicted octanol–water partition coefficient (Wildman–Crippen LogP) is 4.70. The zero-order chi connectivity index (χ0) is 18.6. The Morgan fingerprint density at radius 1 is 0.963 bits per heavy atom. The van der Waals surface area contributed by atoms with Crippen molar-refractivity contribution >= 4 is 28.6 Å². The lowest BCUT2D eigenvalue weighted by molar-refractivity contribution is -0.111. The van der Waals surface area contributed by atoms with E-state index >= 15 is 0 Å². The lowest BCUT2D eigenvalue weighted by Crippen LogP contribution is -2.07. The Balaban J connectivity index is 1.53. The third kappa shape index (κ3) is 3.72. The van der Waals surface area contributed by atoms with Crippen LogP contribution in [0.25, 0.3) is 28.2 Å². The van der Waals surface area contributed by atoms with Gasteiger partial charge in [-0.3, -0.25) is 4.79 Å². The van der Waals surface area contributed by atoms with Crippen molar-refractivity contribution in [2.45, 2.75) is 0 Å². The first-order chi connectivity index (χ1) is 13.2. The van der Waals surface area contributed by atoms with E-state index in [1.807, 2.05) is 18.2 Å². The molecule has 5 nitrogen and oxygen atoms in total. The van der Waals surface area contributed by atoms with Crippen molar-refractivity contribution in [1.82, 2.24) is 0 Å². The molecule has 0 saturated carbocycles. The van der Waals surface area contributed by atoms with Crippen molar-refractivity contribution in [2.24, 2.45) is 0 Å². The molecule has 1 N–H and O–H groups in total. The first-order valence-corrected chi connectivity index (χ1v) is 8.35. The lowest BCUT2D eigenvalue weighted by Gasteiger charge is -2.05. The van der Waals surface area contributed by atoms with Crippen LogP contribution in [0.3, 0.4) is 0 Å². The van der Waals surface area contributed by atoms with Crippen LogP contribution < -0.4 is 10.9 Å². The zero-order valence-electron chi connectivity index (χ0n) is 14.2. The Hall–Kier alpha value is -3.86. The number of rotatable bonds is 4. The molecule has 0 aliphatic rings. The van der Waals surface area contributed by atoms with Crippen molar-refractivity contribution < 1.29 is 13.6 Å². The molecule has 0 aliphatic heterocycles. The smallest absolute Gasteiger partial charge is 0.344 e. The second-order valence-electron chi connectivity index (χ2n) is 5.90. The van der Waals surface area contributed by atoms with Crippen molar-refractivity contribution in [3.63, 3.8) is 0 Å². The van der Waals surface area contributed by atoms with E-state index in [1.165, 1.54) is 6.08 Å². The van der Waals surface area contributed by atoms with Gasteiger partial charge in [0, 0.05) is 17.1 Å². The maximum atomic E-state index is 12.2. The average Bonchev–Trinajstić information content (AvgIpc) is 3.20. The quantitative estimate of drug-likeness (QED) is 0.424. The molecule has 2 aromatic heterocycles. The number of hydrogen-bond donors (Lipinski definition) is 1. The summed E-state index contributed by atoms with van der Waals surface area (Å²) in [6.07, 6.45) is 4.52. The number of anilines is 1. The Morgan fingerprint density at radius 3 is 2.56 bits per heavy atom. The monoisotopic (exact) mass is 357 g/mol. The summed E-state index contributed by atoms with van der Waals surface area (Å²) in [7, 11) is 0. The summed E-state index contributed by atoms with van der Waals surface area (Å²) in [5.41, 5.74) is 1.98. The second kappa shape index (κ2) is 7.17. The van der Waals surface area contributed by atoms with E-state index in [9.17, 15) is 9.59 Å². The summed E-state index contributed by atoms with van der Waals surface area (Å²) in [6, 6.07) is 19.7. The molecule has 1 amide bonds. The molecule has 0 radical (unpaired) electrons. The van der Waals surface area contributed by atoms with Gasteiger partial charge < -0.3 is 14.2 Å². The summed E-state index contributed by atoms with van der Waals surface area (Å²) in [4.78, 5) is 24.2. The van der Waals surface area contributed by atoms with Gasteiger partial charge in [-0.15, -0.1) is 0 Å². The minimum atomic E-state index is -0.396. The molecule has 2 heterocycles. The van der Waals surface area contributed by atoms with Crippen LogP contribution in [-0.4, -0.2) is 5.91 Å².